The average molecular weight is 396 g/mol. The summed E-state index contributed by atoms with van der Waals surface area (Å²) in [7, 11) is 0. The minimum atomic E-state index is -0.179. The van der Waals surface area contributed by atoms with Gasteiger partial charge in [-0.3, -0.25) is 14.5 Å². The molecule has 1 heterocycles. The van der Waals surface area contributed by atoms with Crippen LogP contribution in [0.3, 0.4) is 0 Å². The second-order valence-electron chi connectivity index (χ2n) is 8.74. The van der Waals surface area contributed by atoms with Crippen molar-refractivity contribution < 1.29 is 9.59 Å². The van der Waals surface area contributed by atoms with E-state index in [-0.39, 0.29) is 35.5 Å². The lowest BCUT2D eigenvalue weighted by atomic mass is 9.61. The first-order valence-corrected chi connectivity index (χ1v) is 11.7. The van der Waals surface area contributed by atoms with E-state index in [9.17, 15) is 9.59 Å². The molecule has 2 aliphatic rings. The Morgan fingerprint density at radius 1 is 0.690 bits per heavy atom. The van der Waals surface area contributed by atoms with Crippen molar-refractivity contribution in [2.24, 2.45) is 23.7 Å². The number of carbonyl (C=O) groups is 2. The van der Waals surface area contributed by atoms with Gasteiger partial charge in [-0.1, -0.05) is 82.7 Å². The molecule has 0 unspecified atom stereocenters. The van der Waals surface area contributed by atoms with E-state index in [4.69, 9.17) is 0 Å². The van der Waals surface area contributed by atoms with Crippen molar-refractivity contribution in [3.63, 3.8) is 0 Å². The fraction of sp³-hybridized carbons (Fsp3) is 0.615. The molecule has 3 rings (SSSR count). The topological polar surface area (TPSA) is 37.4 Å². The fourth-order valence-electron chi connectivity index (χ4n) is 5.86. The van der Waals surface area contributed by atoms with Crippen LogP contribution in [0.2, 0.25) is 0 Å². The van der Waals surface area contributed by atoms with Crippen LogP contribution in [-0.4, -0.2) is 11.8 Å². The van der Waals surface area contributed by atoms with Gasteiger partial charge in [0.15, 0.2) is 0 Å². The lowest BCUT2D eigenvalue weighted by Gasteiger charge is -2.41. The number of amides is 2. The summed E-state index contributed by atoms with van der Waals surface area (Å²) >= 11 is 0. The van der Waals surface area contributed by atoms with Gasteiger partial charge in [-0.2, -0.15) is 0 Å². The van der Waals surface area contributed by atoms with Crippen LogP contribution in [0.5, 0.6) is 0 Å². The molecule has 158 valence electrons. The summed E-state index contributed by atoms with van der Waals surface area (Å²) in [5, 5.41) is 0. The number of hydrogen-bond donors (Lipinski definition) is 0. The van der Waals surface area contributed by atoms with Crippen molar-refractivity contribution in [1.29, 1.82) is 0 Å². The lowest BCUT2D eigenvalue weighted by Crippen LogP contribution is -2.39. The SMILES string of the molecule is CCCC1=C(CCC)[C@H](CCC)[C@@H]2C(=O)N(c3ccccc3)C(=O)[C@@H]2[C@@H]1CCC. The van der Waals surface area contributed by atoms with E-state index in [0.717, 1.165) is 57.1 Å². The standard InChI is InChI=1S/C26H37NO2/c1-5-12-19-20(13-6-2)22(15-8-4)24-23(21(19)14-7-3)25(28)27(26(24)29)18-16-10-9-11-17-18/h9-11,16-17,21-24H,5-8,12-15H2,1-4H3/t21-,22+,23-,24+. The van der Waals surface area contributed by atoms with Crippen molar-refractivity contribution in [3.8, 4) is 0 Å². The molecule has 29 heavy (non-hydrogen) atoms. The highest BCUT2D eigenvalue weighted by molar-refractivity contribution is 6.22. The van der Waals surface area contributed by atoms with Gasteiger partial charge in [-0.25, -0.2) is 0 Å². The molecule has 4 atom stereocenters. The van der Waals surface area contributed by atoms with Crippen LogP contribution < -0.4 is 4.90 Å². The number of nitrogens with zero attached hydrogens (tertiary/aromatic N) is 1. The van der Waals surface area contributed by atoms with E-state index in [2.05, 4.69) is 27.7 Å². The predicted molar refractivity (Wildman–Crippen MR) is 120 cm³/mol. The van der Waals surface area contributed by atoms with Crippen molar-refractivity contribution in [1.82, 2.24) is 0 Å². The molecule has 1 aliphatic carbocycles. The van der Waals surface area contributed by atoms with E-state index >= 15 is 0 Å². The zero-order valence-electron chi connectivity index (χ0n) is 18.6. The van der Waals surface area contributed by atoms with Crippen molar-refractivity contribution in [2.45, 2.75) is 79.1 Å². The zero-order valence-corrected chi connectivity index (χ0v) is 18.6. The molecule has 1 saturated heterocycles. The highest BCUT2D eigenvalue weighted by Crippen LogP contribution is 2.53. The van der Waals surface area contributed by atoms with Crippen molar-refractivity contribution >= 4 is 17.5 Å². The second-order valence-corrected chi connectivity index (χ2v) is 8.74. The largest absolute Gasteiger partial charge is 0.274 e. The van der Waals surface area contributed by atoms with Gasteiger partial charge < -0.3 is 0 Å². The maximum absolute atomic E-state index is 13.7. The van der Waals surface area contributed by atoms with Gasteiger partial charge >= 0.3 is 0 Å². The van der Waals surface area contributed by atoms with E-state index in [0.29, 0.717) is 0 Å². The van der Waals surface area contributed by atoms with E-state index < -0.39 is 0 Å². The Morgan fingerprint density at radius 2 is 1.14 bits per heavy atom. The zero-order chi connectivity index (χ0) is 21.0. The summed E-state index contributed by atoms with van der Waals surface area (Å²) in [5.74, 6) is 0.169. The number of hydrogen-bond acceptors (Lipinski definition) is 2. The molecule has 1 aliphatic heterocycles. The molecule has 0 bridgehead atoms. The Bertz CT molecular complexity index is 707. The first-order chi connectivity index (χ1) is 14.1. The first kappa shape index (κ1) is 21.8. The smallest absolute Gasteiger partial charge is 0.238 e. The van der Waals surface area contributed by atoms with Crippen LogP contribution in [0, 0.1) is 23.7 Å². The fourth-order valence-corrected chi connectivity index (χ4v) is 5.86. The number of fused-ring (bicyclic) bond motifs is 1. The summed E-state index contributed by atoms with van der Waals surface area (Å²) < 4.78 is 0. The highest BCUT2D eigenvalue weighted by Gasteiger charge is 2.57. The normalized spacial score (nSPS) is 27.0. The van der Waals surface area contributed by atoms with Crippen LogP contribution in [0.15, 0.2) is 41.5 Å². The molecule has 1 fully saturated rings. The van der Waals surface area contributed by atoms with Gasteiger partial charge in [0.2, 0.25) is 11.8 Å². The average Bonchev–Trinajstić information content (AvgIpc) is 2.98. The van der Waals surface area contributed by atoms with Gasteiger partial charge in [0.1, 0.15) is 0 Å². The highest BCUT2D eigenvalue weighted by atomic mass is 16.2. The van der Waals surface area contributed by atoms with Crippen molar-refractivity contribution in [3.05, 3.63) is 41.5 Å². The molecular weight excluding hydrogens is 358 g/mol. The number of imide groups is 1. The molecule has 0 N–H and O–H groups in total. The molecule has 2 amide bonds. The van der Waals surface area contributed by atoms with Gasteiger partial charge in [-0.15, -0.1) is 0 Å². The molecular formula is C26H37NO2. The lowest BCUT2D eigenvalue weighted by molar-refractivity contribution is -0.123. The Kier molecular flexibility index (Phi) is 7.32. The molecule has 0 spiro atoms. The quantitative estimate of drug-likeness (QED) is 0.352. The third-order valence-corrected chi connectivity index (χ3v) is 6.83. The predicted octanol–water partition coefficient (Wildman–Crippen LogP) is 6.54. The van der Waals surface area contributed by atoms with Gasteiger partial charge in [-0.05, 0) is 49.7 Å². The number of anilines is 1. The first-order valence-electron chi connectivity index (χ1n) is 11.7. The summed E-state index contributed by atoms with van der Waals surface area (Å²) in [6, 6.07) is 9.54. The van der Waals surface area contributed by atoms with Gasteiger partial charge in [0.25, 0.3) is 0 Å². The Hall–Kier alpha value is -1.90. The van der Waals surface area contributed by atoms with Crippen LogP contribution in [0.4, 0.5) is 5.69 Å². The van der Waals surface area contributed by atoms with Crippen LogP contribution in [-0.2, 0) is 9.59 Å². The third-order valence-electron chi connectivity index (χ3n) is 6.83. The Balaban J connectivity index is 2.13. The van der Waals surface area contributed by atoms with Crippen LogP contribution in [0.1, 0.15) is 79.1 Å². The van der Waals surface area contributed by atoms with Gasteiger partial charge in [0, 0.05) is 0 Å². The summed E-state index contributed by atoms with van der Waals surface area (Å²) in [4.78, 5) is 28.9. The maximum Gasteiger partial charge on any atom is 0.238 e. The number of rotatable bonds is 9. The van der Waals surface area contributed by atoms with Crippen LogP contribution in [0.25, 0.3) is 0 Å². The number of para-hydroxylation sites is 1. The monoisotopic (exact) mass is 395 g/mol. The summed E-state index contributed by atoms with van der Waals surface area (Å²) in [6.45, 7) is 8.87. The minimum absolute atomic E-state index is 0.0369. The molecule has 0 saturated carbocycles. The number of carbonyl (C=O) groups excluding carboxylic acids is 2. The van der Waals surface area contributed by atoms with E-state index in [1.54, 1.807) is 0 Å². The summed E-state index contributed by atoms with van der Waals surface area (Å²) in [6.07, 6.45) is 8.44. The molecule has 1 aromatic carbocycles. The Labute approximate surface area is 176 Å². The van der Waals surface area contributed by atoms with Crippen LogP contribution >= 0.6 is 0 Å². The Morgan fingerprint density at radius 3 is 1.52 bits per heavy atom. The molecule has 0 aromatic heterocycles. The molecule has 3 nitrogen and oxygen atoms in total. The van der Waals surface area contributed by atoms with E-state index in [1.165, 1.54) is 16.0 Å². The molecule has 1 aromatic rings. The maximum atomic E-state index is 13.7. The molecule has 3 heteroatoms. The molecule has 0 radical (unpaired) electrons. The summed E-state index contributed by atoms with van der Waals surface area (Å²) in [5.41, 5.74) is 3.77. The second kappa shape index (κ2) is 9.73. The van der Waals surface area contributed by atoms with E-state index in [1.807, 2.05) is 30.3 Å². The number of benzene rings is 1. The number of allylic oxidation sites excluding steroid dienone is 2. The van der Waals surface area contributed by atoms with Crippen molar-refractivity contribution in [2.75, 3.05) is 4.90 Å². The minimum Gasteiger partial charge on any atom is -0.274 e. The third kappa shape index (κ3) is 3.93. The van der Waals surface area contributed by atoms with Gasteiger partial charge in [0.05, 0.1) is 17.5 Å².